The number of ether oxygens (including phenoxy) is 1. The highest BCUT2D eigenvalue weighted by atomic mass is 19.4. The summed E-state index contributed by atoms with van der Waals surface area (Å²) in [6.45, 7) is 4.02. The Labute approximate surface area is 159 Å². The molecule has 1 rings (SSSR count). The van der Waals surface area contributed by atoms with E-state index in [1.807, 2.05) is 6.92 Å². The molecule has 0 saturated heterocycles. The molecule has 0 heterocycles. The molecular weight excluding hydrogens is 360 g/mol. The van der Waals surface area contributed by atoms with Crippen molar-refractivity contribution < 1.29 is 27.1 Å². The zero-order valence-corrected chi connectivity index (χ0v) is 16.2. The Bertz CT molecular complexity index is 570. The summed E-state index contributed by atoms with van der Waals surface area (Å²) in [6.07, 6.45) is 5.32. The SMILES string of the molecule is CCCCCCCCCCC(CC)OC(=O)c1cc(C(F)(F)F)ccc1F. The molecule has 0 bridgehead atoms. The topological polar surface area (TPSA) is 26.3 Å². The first kappa shape index (κ1) is 23.4. The predicted molar refractivity (Wildman–Crippen MR) is 98.1 cm³/mol. The van der Waals surface area contributed by atoms with Gasteiger partial charge in [0.1, 0.15) is 11.9 Å². The first-order chi connectivity index (χ1) is 12.8. The molecule has 27 heavy (non-hydrogen) atoms. The summed E-state index contributed by atoms with van der Waals surface area (Å²) in [5.74, 6) is -2.04. The van der Waals surface area contributed by atoms with Gasteiger partial charge in [0.05, 0.1) is 11.1 Å². The van der Waals surface area contributed by atoms with Crippen LogP contribution in [0.25, 0.3) is 0 Å². The molecule has 154 valence electrons. The van der Waals surface area contributed by atoms with Crippen LogP contribution in [0.1, 0.15) is 94.0 Å². The van der Waals surface area contributed by atoms with Crippen molar-refractivity contribution in [3.63, 3.8) is 0 Å². The van der Waals surface area contributed by atoms with Crippen LogP contribution in [0.5, 0.6) is 0 Å². The van der Waals surface area contributed by atoms with Gasteiger partial charge in [0.2, 0.25) is 0 Å². The normalized spacial score (nSPS) is 12.8. The summed E-state index contributed by atoms with van der Waals surface area (Å²) >= 11 is 0. The summed E-state index contributed by atoms with van der Waals surface area (Å²) in [6, 6.07) is 1.78. The zero-order valence-electron chi connectivity index (χ0n) is 16.2. The van der Waals surface area contributed by atoms with E-state index in [0.717, 1.165) is 19.3 Å². The summed E-state index contributed by atoms with van der Waals surface area (Å²) in [7, 11) is 0. The number of carbonyl (C=O) groups excluding carboxylic acids is 1. The highest BCUT2D eigenvalue weighted by molar-refractivity contribution is 5.90. The quantitative estimate of drug-likeness (QED) is 0.212. The standard InChI is InChI=1S/C21H30F4O2/c1-3-5-6-7-8-9-10-11-12-17(4-2)27-20(26)18-15-16(21(23,24)25)13-14-19(18)22/h13-15,17H,3-12H2,1-2H3. The third kappa shape index (κ3) is 8.76. The van der Waals surface area contributed by atoms with Crippen molar-refractivity contribution in [1.29, 1.82) is 0 Å². The van der Waals surface area contributed by atoms with Crippen LogP contribution in [-0.4, -0.2) is 12.1 Å². The Morgan fingerprint density at radius 1 is 1.00 bits per heavy atom. The minimum atomic E-state index is -4.63. The Morgan fingerprint density at radius 2 is 1.59 bits per heavy atom. The fraction of sp³-hybridized carbons (Fsp3) is 0.667. The van der Waals surface area contributed by atoms with Crippen molar-refractivity contribution in [2.24, 2.45) is 0 Å². The average molecular weight is 390 g/mol. The minimum Gasteiger partial charge on any atom is -0.459 e. The summed E-state index contributed by atoms with van der Waals surface area (Å²) in [4.78, 5) is 12.1. The van der Waals surface area contributed by atoms with Crippen LogP contribution >= 0.6 is 0 Å². The van der Waals surface area contributed by atoms with Gasteiger partial charge < -0.3 is 4.74 Å². The summed E-state index contributed by atoms with van der Waals surface area (Å²) in [5, 5.41) is 0. The number of rotatable bonds is 12. The Balaban J connectivity index is 2.47. The fourth-order valence-electron chi connectivity index (χ4n) is 2.93. The van der Waals surface area contributed by atoms with Crippen LogP contribution in [0.4, 0.5) is 17.6 Å². The van der Waals surface area contributed by atoms with E-state index < -0.39 is 35.2 Å². The second kappa shape index (κ2) is 12.0. The number of carbonyl (C=O) groups is 1. The zero-order chi connectivity index (χ0) is 20.3. The molecule has 0 aliphatic heterocycles. The molecule has 1 atom stereocenters. The van der Waals surface area contributed by atoms with Gasteiger partial charge in [0.15, 0.2) is 0 Å². The molecule has 2 nitrogen and oxygen atoms in total. The van der Waals surface area contributed by atoms with Crippen molar-refractivity contribution in [2.45, 2.75) is 90.3 Å². The van der Waals surface area contributed by atoms with Gasteiger partial charge >= 0.3 is 12.1 Å². The van der Waals surface area contributed by atoms with Crippen LogP contribution in [0, 0.1) is 5.82 Å². The molecule has 0 fully saturated rings. The molecular formula is C21H30F4O2. The molecule has 1 aromatic carbocycles. The minimum absolute atomic E-state index is 0.411. The lowest BCUT2D eigenvalue weighted by Crippen LogP contribution is -2.19. The Hall–Kier alpha value is -1.59. The molecule has 0 amide bonds. The van der Waals surface area contributed by atoms with Crippen LogP contribution in [0.2, 0.25) is 0 Å². The molecule has 0 spiro atoms. The first-order valence-electron chi connectivity index (χ1n) is 9.87. The van der Waals surface area contributed by atoms with Crippen molar-refractivity contribution in [2.75, 3.05) is 0 Å². The van der Waals surface area contributed by atoms with E-state index in [1.165, 1.54) is 32.1 Å². The average Bonchev–Trinajstić information content (AvgIpc) is 2.62. The van der Waals surface area contributed by atoms with Crippen LogP contribution in [0.15, 0.2) is 18.2 Å². The van der Waals surface area contributed by atoms with Gasteiger partial charge in [-0.05, 0) is 37.5 Å². The number of hydrogen-bond donors (Lipinski definition) is 0. The van der Waals surface area contributed by atoms with E-state index in [4.69, 9.17) is 4.74 Å². The summed E-state index contributed by atoms with van der Waals surface area (Å²) < 4.78 is 57.3. The van der Waals surface area contributed by atoms with E-state index >= 15 is 0 Å². The molecule has 0 aliphatic carbocycles. The second-order valence-corrected chi connectivity index (χ2v) is 6.89. The molecule has 1 unspecified atom stereocenters. The van der Waals surface area contributed by atoms with Gasteiger partial charge in [0, 0.05) is 0 Å². The lowest BCUT2D eigenvalue weighted by Gasteiger charge is -2.17. The monoisotopic (exact) mass is 390 g/mol. The fourth-order valence-corrected chi connectivity index (χ4v) is 2.93. The van der Waals surface area contributed by atoms with Gasteiger partial charge in [-0.2, -0.15) is 13.2 Å². The maximum Gasteiger partial charge on any atom is 0.416 e. The summed E-state index contributed by atoms with van der Waals surface area (Å²) in [5.41, 5.74) is -1.73. The molecule has 6 heteroatoms. The lowest BCUT2D eigenvalue weighted by molar-refractivity contribution is -0.137. The van der Waals surface area contributed by atoms with Crippen LogP contribution in [-0.2, 0) is 10.9 Å². The maximum absolute atomic E-state index is 13.8. The Kier molecular flexibility index (Phi) is 10.4. The van der Waals surface area contributed by atoms with Crippen molar-refractivity contribution in [3.8, 4) is 0 Å². The molecule has 0 radical (unpaired) electrons. The number of benzene rings is 1. The molecule has 0 N–H and O–H groups in total. The van der Waals surface area contributed by atoms with E-state index in [0.29, 0.717) is 31.0 Å². The molecule has 0 saturated carbocycles. The highest BCUT2D eigenvalue weighted by Gasteiger charge is 2.32. The van der Waals surface area contributed by atoms with Gasteiger partial charge in [-0.25, -0.2) is 9.18 Å². The lowest BCUT2D eigenvalue weighted by atomic mass is 10.0. The van der Waals surface area contributed by atoms with Crippen LogP contribution < -0.4 is 0 Å². The largest absolute Gasteiger partial charge is 0.459 e. The van der Waals surface area contributed by atoms with Gasteiger partial charge in [-0.3, -0.25) is 0 Å². The molecule has 0 aromatic heterocycles. The van der Waals surface area contributed by atoms with Crippen LogP contribution in [0.3, 0.4) is 0 Å². The van der Waals surface area contributed by atoms with Gasteiger partial charge in [-0.15, -0.1) is 0 Å². The van der Waals surface area contributed by atoms with Crippen molar-refractivity contribution in [3.05, 3.63) is 35.1 Å². The van der Waals surface area contributed by atoms with Crippen molar-refractivity contribution in [1.82, 2.24) is 0 Å². The van der Waals surface area contributed by atoms with E-state index in [1.54, 1.807) is 0 Å². The number of hydrogen-bond acceptors (Lipinski definition) is 2. The van der Waals surface area contributed by atoms with Crippen molar-refractivity contribution >= 4 is 5.97 Å². The number of esters is 1. The second-order valence-electron chi connectivity index (χ2n) is 6.89. The van der Waals surface area contributed by atoms with E-state index in [-0.39, 0.29) is 0 Å². The van der Waals surface area contributed by atoms with E-state index in [9.17, 15) is 22.4 Å². The smallest absolute Gasteiger partial charge is 0.416 e. The number of unbranched alkanes of at least 4 members (excludes halogenated alkanes) is 7. The Morgan fingerprint density at radius 3 is 2.15 bits per heavy atom. The molecule has 1 aromatic rings. The van der Waals surface area contributed by atoms with E-state index in [2.05, 4.69) is 6.92 Å². The van der Waals surface area contributed by atoms with Gasteiger partial charge in [-0.1, -0.05) is 58.8 Å². The maximum atomic E-state index is 13.8. The number of halogens is 4. The molecule has 0 aliphatic rings. The highest BCUT2D eigenvalue weighted by Crippen LogP contribution is 2.30. The third-order valence-corrected chi connectivity index (χ3v) is 4.62. The third-order valence-electron chi connectivity index (χ3n) is 4.62. The first-order valence-corrected chi connectivity index (χ1v) is 9.87. The predicted octanol–water partition coefficient (Wildman–Crippen LogP) is 7.31. The van der Waals surface area contributed by atoms with Gasteiger partial charge in [0.25, 0.3) is 0 Å². The number of alkyl halides is 3.